The molecule has 4 heteroatoms. The average molecular weight is 220 g/mol. The lowest BCUT2D eigenvalue weighted by Crippen LogP contribution is -2.05. The molecular formula is C12H13FN2O. The predicted molar refractivity (Wildman–Crippen MR) is 58.9 cm³/mol. The SMILES string of the molecule is Cc1cc(-n2cccn2)c([C@@H](C)O)cc1F. The molecule has 0 aliphatic rings. The van der Waals surface area contributed by atoms with Crippen LogP contribution in [-0.4, -0.2) is 14.9 Å². The van der Waals surface area contributed by atoms with Gasteiger partial charge in [0.15, 0.2) is 0 Å². The second-order valence-corrected chi connectivity index (χ2v) is 3.79. The summed E-state index contributed by atoms with van der Waals surface area (Å²) in [5.74, 6) is -0.313. The van der Waals surface area contributed by atoms with E-state index in [0.29, 0.717) is 16.8 Å². The number of nitrogens with zero attached hydrogens (tertiary/aromatic N) is 2. The van der Waals surface area contributed by atoms with Gasteiger partial charge in [-0.25, -0.2) is 9.07 Å². The maximum Gasteiger partial charge on any atom is 0.126 e. The van der Waals surface area contributed by atoms with Crippen LogP contribution in [0.4, 0.5) is 4.39 Å². The molecule has 0 aliphatic carbocycles. The smallest absolute Gasteiger partial charge is 0.126 e. The summed E-state index contributed by atoms with van der Waals surface area (Å²) in [5, 5.41) is 13.7. The van der Waals surface area contributed by atoms with Crippen molar-refractivity contribution in [3.63, 3.8) is 0 Å². The maximum atomic E-state index is 13.4. The molecule has 1 aromatic carbocycles. The molecule has 0 saturated carbocycles. The van der Waals surface area contributed by atoms with Crippen molar-refractivity contribution in [3.8, 4) is 5.69 Å². The summed E-state index contributed by atoms with van der Waals surface area (Å²) >= 11 is 0. The van der Waals surface area contributed by atoms with Crippen molar-refractivity contribution in [1.82, 2.24) is 9.78 Å². The Labute approximate surface area is 93.2 Å². The Morgan fingerprint density at radius 1 is 1.44 bits per heavy atom. The first-order valence-corrected chi connectivity index (χ1v) is 5.07. The maximum absolute atomic E-state index is 13.4. The van der Waals surface area contributed by atoms with Crippen molar-refractivity contribution in [3.05, 3.63) is 47.5 Å². The fraction of sp³-hybridized carbons (Fsp3) is 0.250. The summed E-state index contributed by atoms with van der Waals surface area (Å²) in [5.41, 5.74) is 1.78. The van der Waals surface area contributed by atoms with Crippen LogP contribution in [0, 0.1) is 12.7 Å². The van der Waals surface area contributed by atoms with Gasteiger partial charge in [-0.15, -0.1) is 0 Å². The highest BCUT2D eigenvalue weighted by molar-refractivity contribution is 5.44. The van der Waals surface area contributed by atoms with E-state index in [1.165, 1.54) is 6.07 Å². The first kappa shape index (κ1) is 10.8. The standard InChI is InChI=1S/C12H13FN2O/c1-8-6-12(15-5-3-4-14-15)10(9(2)16)7-11(8)13/h3-7,9,16H,1-2H3/t9-/m1/s1. The fourth-order valence-electron chi connectivity index (χ4n) is 1.63. The van der Waals surface area contributed by atoms with Crippen molar-refractivity contribution in [2.45, 2.75) is 20.0 Å². The highest BCUT2D eigenvalue weighted by Crippen LogP contribution is 2.24. The lowest BCUT2D eigenvalue weighted by molar-refractivity contribution is 0.198. The summed E-state index contributed by atoms with van der Waals surface area (Å²) in [6.07, 6.45) is 2.68. The normalized spacial score (nSPS) is 12.8. The van der Waals surface area contributed by atoms with Crippen LogP contribution in [0.5, 0.6) is 0 Å². The molecule has 2 rings (SSSR count). The van der Waals surface area contributed by atoms with Gasteiger partial charge in [-0.2, -0.15) is 5.10 Å². The minimum absolute atomic E-state index is 0.313. The van der Waals surface area contributed by atoms with Crippen LogP contribution in [0.2, 0.25) is 0 Å². The van der Waals surface area contributed by atoms with E-state index in [1.807, 2.05) is 0 Å². The first-order chi connectivity index (χ1) is 7.59. The number of aromatic nitrogens is 2. The number of rotatable bonds is 2. The Morgan fingerprint density at radius 3 is 2.75 bits per heavy atom. The molecule has 1 atom stereocenters. The van der Waals surface area contributed by atoms with Crippen LogP contribution in [0.3, 0.4) is 0 Å². The molecule has 0 spiro atoms. The molecule has 3 nitrogen and oxygen atoms in total. The van der Waals surface area contributed by atoms with Crippen molar-refractivity contribution in [2.24, 2.45) is 0 Å². The quantitative estimate of drug-likeness (QED) is 0.843. The Morgan fingerprint density at radius 2 is 2.19 bits per heavy atom. The van der Waals surface area contributed by atoms with Crippen molar-refractivity contribution >= 4 is 0 Å². The number of hydrogen-bond donors (Lipinski definition) is 1. The van der Waals surface area contributed by atoms with Gasteiger partial charge in [0.2, 0.25) is 0 Å². The number of halogens is 1. The predicted octanol–water partition coefficient (Wildman–Crippen LogP) is 2.37. The van der Waals surface area contributed by atoms with Crippen molar-refractivity contribution in [2.75, 3.05) is 0 Å². The van der Waals surface area contributed by atoms with Crippen molar-refractivity contribution in [1.29, 1.82) is 0 Å². The molecule has 0 unspecified atom stereocenters. The van der Waals surface area contributed by atoms with Gasteiger partial charge in [0.25, 0.3) is 0 Å². The molecule has 0 bridgehead atoms. The largest absolute Gasteiger partial charge is 0.389 e. The number of aryl methyl sites for hydroxylation is 1. The second kappa shape index (κ2) is 4.06. The third kappa shape index (κ3) is 1.84. The molecule has 0 fully saturated rings. The molecule has 0 amide bonds. The van der Waals surface area contributed by atoms with E-state index in [1.54, 1.807) is 43.1 Å². The second-order valence-electron chi connectivity index (χ2n) is 3.79. The topological polar surface area (TPSA) is 38.0 Å². The van der Waals surface area contributed by atoms with Gasteiger partial charge in [0, 0.05) is 18.0 Å². The lowest BCUT2D eigenvalue weighted by atomic mass is 10.1. The number of aliphatic hydroxyl groups is 1. The molecule has 84 valence electrons. The van der Waals surface area contributed by atoms with Crippen LogP contribution >= 0.6 is 0 Å². The van der Waals surface area contributed by atoms with Crippen LogP contribution in [0.25, 0.3) is 5.69 Å². The Kier molecular flexibility index (Phi) is 2.75. The fourth-order valence-corrected chi connectivity index (χ4v) is 1.63. The molecule has 1 N–H and O–H groups in total. The molecular weight excluding hydrogens is 207 g/mol. The average Bonchev–Trinajstić information content (AvgIpc) is 2.74. The van der Waals surface area contributed by atoms with E-state index in [2.05, 4.69) is 5.10 Å². The molecule has 0 aliphatic heterocycles. The van der Waals surface area contributed by atoms with Gasteiger partial charge in [0.05, 0.1) is 11.8 Å². The van der Waals surface area contributed by atoms with Crippen molar-refractivity contribution < 1.29 is 9.50 Å². The van der Waals surface area contributed by atoms with E-state index in [0.717, 1.165) is 0 Å². The van der Waals surface area contributed by atoms with Gasteiger partial charge in [-0.1, -0.05) is 0 Å². The minimum Gasteiger partial charge on any atom is -0.389 e. The van der Waals surface area contributed by atoms with Crippen LogP contribution in [0.15, 0.2) is 30.6 Å². The van der Waals surface area contributed by atoms with E-state index in [-0.39, 0.29) is 5.82 Å². The zero-order valence-electron chi connectivity index (χ0n) is 9.18. The Balaban J connectivity index is 2.63. The first-order valence-electron chi connectivity index (χ1n) is 5.07. The number of benzene rings is 1. The monoisotopic (exact) mass is 220 g/mol. The summed E-state index contributed by atoms with van der Waals surface area (Å²) < 4.78 is 15.0. The van der Waals surface area contributed by atoms with E-state index in [4.69, 9.17) is 0 Å². The van der Waals surface area contributed by atoms with Crippen LogP contribution in [0.1, 0.15) is 24.2 Å². The van der Waals surface area contributed by atoms with Gasteiger partial charge < -0.3 is 5.11 Å². The van der Waals surface area contributed by atoms with Gasteiger partial charge in [-0.05, 0) is 37.6 Å². The Hall–Kier alpha value is -1.68. The zero-order chi connectivity index (χ0) is 11.7. The molecule has 0 radical (unpaired) electrons. The van der Waals surface area contributed by atoms with E-state index in [9.17, 15) is 9.50 Å². The van der Waals surface area contributed by atoms with Crippen LogP contribution in [-0.2, 0) is 0 Å². The third-order valence-corrected chi connectivity index (χ3v) is 2.51. The molecule has 1 heterocycles. The van der Waals surface area contributed by atoms with Crippen LogP contribution < -0.4 is 0 Å². The van der Waals surface area contributed by atoms with E-state index < -0.39 is 6.10 Å². The van der Waals surface area contributed by atoms with Gasteiger partial charge in [-0.3, -0.25) is 0 Å². The highest BCUT2D eigenvalue weighted by atomic mass is 19.1. The summed E-state index contributed by atoms with van der Waals surface area (Å²) in [4.78, 5) is 0. The summed E-state index contributed by atoms with van der Waals surface area (Å²) in [6.45, 7) is 3.30. The number of hydrogen-bond acceptors (Lipinski definition) is 2. The van der Waals surface area contributed by atoms with E-state index >= 15 is 0 Å². The third-order valence-electron chi connectivity index (χ3n) is 2.51. The lowest BCUT2D eigenvalue weighted by Gasteiger charge is -2.13. The Bertz CT molecular complexity index is 492. The molecule has 16 heavy (non-hydrogen) atoms. The molecule has 1 aromatic heterocycles. The minimum atomic E-state index is -0.728. The summed E-state index contributed by atoms with van der Waals surface area (Å²) in [6, 6.07) is 4.83. The highest BCUT2D eigenvalue weighted by Gasteiger charge is 2.13. The summed E-state index contributed by atoms with van der Waals surface area (Å²) in [7, 11) is 0. The zero-order valence-corrected chi connectivity index (χ0v) is 9.18. The van der Waals surface area contributed by atoms with Gasteiger partial charge in [0.1, 0.15) is 5.82 Å². The molecule has 0 saturated heterocycles. The molecule has 2 aromatic rings. The number of aliphatic hydroxyl groups excluding tert-OH is 1. The van der Waals surface area contributed by atoms with Gasteiger partial charge >= 0.3 is 0 Å².